The molecule has 0 amide bonds. The van der Waals surface area contributed by atoms with E-state index in [2.05, 4.69) is 26.2 Å². The van der Waals surface area contributed by atoms with Crippen molar-refractivity contribution in [1.29, 1.82) is 5.26 Å². The zero-order valence-electron chi connectivity index (χ0n) is 37.6. The van der Waals surface area contributed by atoms with Gasteiger partial charge >= 0.3 is 17.9 Å². The van der Waals surface area contributed by atoms with Gasteiger partial charge in [0, 0.05) is 65.1 Å². The number of esters is 3. The molecule has 5 aromatic rings. The van der Waals surface area contributed by atoms with Crippen LogP contribution in [0.25, 0.3) is 10.8 Å². The van der Waals surface area contributed by atoms with Gasteiger partial charge in [0.2, 0.25) is 6.79 Å². The van der Waals surface area contributed by atoms with Gasteiger partial charge in [-0.25, -0.2) is 14.6 Å². The van der Waals surface area contributed by atoms with Crippen molar-refractivity contribution >= 4 is 40.4 Å². The molecule has 4 aromatic carbocycles. The monoisotopic (exact) mass is 925 g/mol. The van der Waals surface area contributed by atoms with Crippen LogP contribution < -0.4 is 33.7 Å². The van der Waals surface area contributed by atoms with Crippen molar-refractivity contribution in [3.63, 3.8) is 0 Å². The summed E-state index contributed by atoms with van der Waals surface area (Å²) in [5.41, 5.74) is 4.23. The second-order valence-corrected chi connectivity index (χ2v) is 19.0. The Hall–Kier alpha value is -6.58. The highest BCUT2D eigenvalue weighted by atomic mass is 32.2. The fourth-order valence-electron chi connectivity index (χ4n) is 11.7. The minimum absolute atomic E-state index is 0.0223. The molecule has 2 fully saturated rings. The van der Waals surface area contributed by atoms with Crippen molar-refractivity contribution in [2.75, 3.05) is 47.0 Å². The fraction of sp³-hybridized carbons (Fsp3) is 0.380. The summed E-state index contributed by atoms with van der Waals surface area (Å²) in [7, 11) is 4.98. The summed E-state index contributed by atoms with van der Waals surface area (Å²) in [4.78, 5) is 50.8. The Kier molecular flexibility index (Phi) is 10.3. The number of fused-ring (bicyclic) bond motifs is 10. The molecule has 16 nitrogen and oxygen atoms in total. The molecule has 1 spiro atoms. The third kappa shape index (κ3) is 6.29. The van der Waals surface area contributed by atoms with Gasteiger partial charge in [0.05, 0.1) is 37.6 Å². The molecule has 8 heterocycles. The zero-order chi connectivity index (χ0) is 46.6. The van der Waals surface area contributed by atoms with E-state index in [1.54, 1.807) is 18.3 Å². The predicted octanol–water partition coefficient (Wildman–Crippen LogP) is 6.05. The number of aromatic nitrogens is 1. The van der Waals surface area contributed by atoms with E-state index in [0.717, 1.165) is 22.1 Å². The van der Waals surface area contributed by atoms with E-state index in [-0.39, 0.29) is 48.1 Å². The van der Waals surface area contributed by atoms with E-state index in [4.69, 9.17) is 33.2 Å². The number of nitrogens with one attached hydrogen (secondary N) is 1. The number of methoxy groups -OCH3 is 2. The molecule has 12 rings (SSSR count). The Morgan fingerprint density at radius 2 is 1.79 bits per heavy atom. The molecule has 1 aromatic heterocycles. The summed E-state index contributed by atoms with van der Waals surface area (Å²) in [6.07, 6.45) is 2.51. The average Bonchev–Trinajstić information content (AvgIpc) is 3.81. The Morgan fingerprint density at radius 3 is 2.57 bits per heavy atom. The van der Waals surface area contributed by atoms with Gasteiger partial charge in [-0.15, -0.1) is 11.8 Å². The number of hydrogen-bond donors (Lipinski definition) is 2. The van der Waals surface area contributed by atoms with E-state index < -0.39 is 52.9 Å². The highest BCUT2D eigenvalue weighted by Crippen LogP contribution is 2.64. The van der Waals surface area contributed by atoms with Crippen LogP contribution in [0.5, 0.6) is 40.2 Å². The number of likely N-dealkylation sites (N-methyl/N-ethyl adjacent to an activating group) is 1. The van der Waals surface area contributed by atoms with Gasteiger partial charge in [-0.3, -0.25) is 19.9 Å². The van der Waals surface area contributed by atoms with Gasteiger partial charge in [0.15, 0.2) is 45.7 Å². The molecule has 7 aliphatic rings. The third-order valence-corrected chi connectivity index (χ3v) is 16.0. The first-order chi connectivity index (χ1) is 32.4. The van der Waals surface area contributed by atoms with E-state index in [1.165, 1.54) is 32.9 Å². The minimum Gasteiger partial charge on any atom is -0.504 e. The number of rotatable bonds is 5. The number of benzene rings is 4. The van der Waals surface area contributed by atoms with Gasteiger partial charge in [0.25, 0.3) is 0 Å². The summed E-state index contributed by atoms with van der Waals surface area (Å²) >= 11 is 1.46. The lowest BCUT2D eigenvalue weighted by Crippen LogP contribution is -2.69. The minimum atomic E-state index is -1.47. The van der Waals surface area contributed by atoms with Crippen LogP contribution >= 0.6 is 11.8 Å². The molecule has 344 valence electrons. The van der Waals surface area contributed by atoms with Crippen LogP contribution in [0.1, 0.15) is 79.3 Å². The van der Waals surface area contributed by atoms with E-state index in [0.29, 0.717) is 75.6 Å². The summed E-state index contributed by atoms with van der Waals surface area (Å²) < 4.78 is 42.9. The highest BCUT2D eigenvalue weighted by Gasteiger charge is 2.62. The molecule has 67 heavy (non-hydrogen) atoms. The Balaban J connectivity index is 1.09. The molecular weight excluding hydrogens is 879 g/mol. The number of aromatic hydroxyl groups is 1. The van der Waals surface area contributed by atoms with Crippen molar-refractivity contribution in [3.05, 3.63) is 105 Å². The third-order valence-electron chi connectivity index (χ3n) is 14.5. The van der Waals surface area contributed by atoms with E-state index >= 15 is 4.79 Å². The lowest BCUT2D eigenvalue weighted by molar-refractivity contribution is -0.157. The van der Waals surface area contributed by atoms with Crippen LogP contribution in [-0.4, -0.2) is 103 Å². The first-order valence-electron chi connectivity index (χ1n) is 22.1. The van der Waals surface area contributed by atoms with Gasteiger partial charge in [-0.05, 0) is 79.6 Å². The van der Waals surface area contributed by atoms with Gasteiger partial charge in [-0.1, -0.05) is 30.3 Å². The quantitative estimate of drug-likeness (QED) is 0.153. The maximum Gasteiger partial charge on any atom is 0.363 e. The normalized spacial score (nSPS) is 25.8. The molecule has 0 aliphatic carbocycles. The van der Waals surface area contributed by atoms with Crippen molar-refractivity contribution in [2.45, 2.75) is 74.6 Å². The molecule has 0 saturated carbocycles. The van der Waals surface area contributed by atoms with Crippen molar-refractivity contribution < 1.29 is 52.6 Å². The zero-order valence-corrected chi connectivity index (χ0v) is 38.4. The number of carbonyl (C=O) groups is 3. The molecule has 2 N–H and O–H groups in total. The summed E-state index contributed by atoms with van der Waals surface area (Å²) in [6, 6.07) is 14.4. The van der Waals surface area contributed by atoms with Crippen LogP contribution in [0.4, 0.5) is 0 Å². The number of piperazine rings is 1. The van der Waals surface area contributed by atoms with Crippen LogP contribution in [0.2, 0.25) is 0 Å². The molecule has 7 atom stereocenters. The lowest BCUT2D eigenvalue weighted by atomic mass is 9.71. The standard InChI is InChI=1S/C50H47N5O11S/c1-23-15-28-16-31-32(19-51)55-33-20-62-49(59)50(30-18-34(60-5)35(17-27(30)12-14-53-50)66-48(58)39-29-10-8-7-9-26(29)11-13-52-39)21-67-47(41(55)40(54(31)4)36(28)42(57)43(23)61-6)38-37(33)46-45(63-22-64-46)24(2)44(38)65-25(3)56/h7-11,13,15,17-18,31-33,40-41,47,53,57H,12,14,16,20-22H2,1-6H3/t31-,32-,33-,40+,41+,47+,50+/m0/s1. The molecule has 0 radical (unpaired) electrons. The van der Waals surface area contributed by atoms with E-state index in [9.17, 15) is 20.0 Å². The fourth-order valence-corrected chi connectivity index (χ4v) is 13.4. The summed E-state index contributed by atoms with van der Waals surface area (Å²) in [5, 5.41) is 27.9. The average molecular weight is 926 g/mol. The number of aryl methyl sites for hydroxylation is 1. The molecule has 17 heteroatoms. The SMILES string of the molecule is COc1cc2c(cc1OC(=O)c1nccc3ccccc13)CCN[C@]21CS[C@@H]2c3c(OC(C)=O)c(C)c4c(c3[C@H](COC1=O)N1[C@@H]2[C@H]2c3c(cc(C)c(OC)c3O)C[C@@H]([C@@H]1C#N)N2C)OCO4. The van der Waals surface area contributed by atoms with Crippen molar-refractivity contribution in [3.8, 4) is 46.3 Å². The molecule has 4 bridgehead atoms. The molecule has 0 unspecified atom stereocenters. The molecular formula is C50H47N5O11S. The number of carbonyl (C=O) groups excluding carboxylic acids is 3. The van der Waals surface area contributed by atoms with Crippen molar-refractivity contribution in [2.24, 2.45) is 0 Å². The number of nitriles is 1. The van der Waals surface area contributed by atoms with Gasteiger partial charge < -0.3 is 38.3 Å². The maximum atomic E-state index is 15.2. The second kappa shape index (κ2) is 16.0. The number of phenolic OH excluding ortho intramolecular Hbond substituents is 1. The topological polar surface area (TPSA) is 191 Å². The van der Waals surface area contributed by atoms with Gasteiger partial charge in [-0.2, -0.15) is 5.26 Å². The van der Waals surface area contributed by atoms with Crippen LogP contribution in [0.3, 0.4) is 0 Å². The smallest absolute Gasteiger partial charge is 0.363 e. The molecule has 7 aliphatic heterocycles. The number of thioether (sulfide) groups is 1. The Labute approximate surface area is 390 Å². The lowest BCUT2D eigenvalue weighted by Gasteiger charge is -2.62. The number of nitrogens with zero attached hydrogens (tertiary/aromatic N) is 4. The van der Waals surface area contributed by atoms with Crippen LogP contribution in [0, 0.1) is 25.2 Å². The first-order valence-corrected chi connectivity index (χ1v) is 23.2. The second-order valence-electron chi connectivity index (χ2n) is 17.8. The van der Waals surface area contributed by atoms with Crippen LogP contribution in [-0.2, 0) is 32.7 Å². The van der Waals surface area contributed by atoms with Crippen molar-refractivity contribution in [1.82, 2.24) is 20.1 Å². The summed E-state index contributed by atoms with van der Waals surface area (Å²) in [5.74, 6) is 0.267. The largest absolute Gasteiger partial charge is 0.504 e. The Bertz CT molecular complexity index is 3010. The maximum absolute atomic E-state index is 15.2. The molecule has 2 saturated heterocycles. The first kappa shape index (κ1) is 43.0. The summed E-state index contributed by atoms with van der Waals surface area (Å²) in [6.45, 7) is 5.12. The number of pyridine rings is 1. The highest BCUT2D eigenvalue weighted by molar-refractivity contribution is 7.99. The van der Waals surface area contributed by atoms with E-state index in [1.807, 2.05) is 57.3 Å². The number of ether oxygens (including phenoxy) is 7. The van der Waals surface area contributed by atoms with Crippen LogP contribution in [0.15, 0.2) is 54.7 Å². The number of hydrogen-bond acceptors (Lipinski definition) is 17. The van der Waals surface area contributed by atoms with Gasteiger partial charge in [0.1, 0.15) is 18.4 Å². The Morgan fingerprint density at radius 1 is 0.985 bits per heavy atom. The number of phenols is 1. The predicted molar refractivity (Wildman–Crippen MR) is 243 cm³/mol.